The number of aromatic nitrogens is 1. The summed E-state index contributed by atoms with van der Waals surface area (Å²) in [4.78, 5) is 16.3. The third-order valence-corrected chi connectivity index (χ3v) is 4.06. The van der Waals surface area contributed by atoms with Crippen LogP contribution in [0.5, 0.6) is 5.75 Å². The molecule has 0 aliphatic heterocycles. The number of esters is 1. The Kier molecular flexibility index (Phi) is 6.31. The molecule has 0 spiro atoms. The summed E-state index contributed by atoms with van der Waals surface area (Å²) in [6, 6.07) is 7.68. The Morgan fingerprint density at radius 2 is 2.17 bits per heavy atom. The van der Waals surface area contributed by atoms with Crippen LogP contribution in [0.2, 0.25) is 0 Å². The zero-order valence-electron chi connectivity index (χ0n) is 14.2. The average molecular weight is 347 g/mol. The summed E-state index contributed by atoms with van der Waals surface area (Å²) in [7, 11) is 1.35. The molecule has 0 aliphatic carbocycles. The molecule has 0 aliphatic rings. The first-order valence-electron chi connectivity index (χ1n) is 7.58. The van der Waals surface area contributed by atoms with Crippen molar-refractivity contribution in [2.45, 2.75) is 20.8 Å². The lowest BCUT2D eigenvalue weighted by Gasteiger charge is -2.10. The molecule has 2 rings (SSSR count). The molecule has 1 N–H and O–H groups in total. The number of thiazole rings is 1. The van der Waals surface area contributed by atoms with E-state index in [1.165, 1.54) is 18.4 Å². The fourth-order valence-corrected chi connectivity index (χ4v) is 2.69. The number of aryl methyl sites for hydroxylation is 1. The summed E-state index contributed by atoms with van der Waals surface area (Å²) >= 11 is 1.20. The molecular formula is C17H21N3O3S. The molecule has 0 atom stereocenters. The molecule has 0 radical (unpaired) electrons. The Labute approximate surface area is 145 Å². The highest BCUT2D eigenvalue weighted by Gasteiger charge is 2.15. The molecule has 24 heavy (non-hydrogen) atoms. The molecular weight excluding hydrogens is 326 g/mol. The largest absolute Gasteiger partial charge is 0.493 e. The molecule has 0 fully saturated rings. The molecule has 0 unspecified atom stereocenters. The third-order valence-electron chi connectivity index (χ3n) is 3.02. The number of rotatable bonds is 7. The second-order valence-electron chi connectivity index (χ2n) is 5.54. The number of benzene rings is 1. The van der Waals surface area contributed by atoms with Crippen molar-refractivity contribution < 1.29 is 14.3 Å². The van der Waals surface area contributed by atoms with Gasteiger partial charge in [0.1, 0.15) is 10.6 Å². The number of hydrogen-bond acceptors (Lipinski definition) is 7. The van der Waals surface area contributed by atoms with Crippen molar-refractivity contribution in [2.75, 3.05) is 19.1 Å². The van der Waals surface area contributed by atoms with E-state index in [9.17, 15) is 4.79 Å². The van der Waals surface area contributed by atoms with Gasteiger partial charge in [0.05, 0.1) is 25.6 Å². The quantitative estimate of drug-likeness (QED) is 0.469. The second kappa shape index (κ2) is 8.44. The SMILES string of the molecule is COC(=O)c1sc(N/N=C\c2ccccc2OCC(C)C)nc1C. The molecule has 1 aromatic heterocycles. The monoisotopic (exact) mass is 347 g/mol. The van der Waals surface area contributed by atoms with Crippen LogP contribution in [-0.4, -0.2) is 30.9 Å². The Balaban J connectivity index is 2.06. The van der Waals surface area contributed by atoms with Gasteiger partial charge < -0.3 is 9.47 Å². The fourth-order valence-electron chi connectivity index (χ4n) is 1.86. The molecule has 0 bridgehead atoms. The number of hydrazone groups is 1. The highest BCUT2D eigenvalue weighted by atomic mass is 32.1. The Morgan fingerprint density at radius 3 is 2.88 bits per heavy atom. The molecule has 2 aromatic rings. The lowest BCUT2D eigenvalue weighted by atomic mass is 10.2. The predicted molar refractivity (Wildman–Crippen MR) is 96.2 cm³/mol. The van der Waals surface area contributed by atoms with Crippen LogP contribution in [0.15, 0.2) is 29.4 Å². The number of hydrogen-bond donors (Lipinski definition) is 1. The van der Waals surface area contributed by atoms with Crippen LogP contribution in [0.25, 0.3) is 0 Å². The minimum absolute atomic E-state index is 0.394. The van der Waals surface area contributed by atoms with Crippen LogP contribution >= 0.6 is 11.3 Å². The van der Waals surface area contributed by atoms with Gasteiger partial charge in [-0.15, -0.1) is 0 Å². The summed E-state index contributed by atoms with van der Waals surface area (Å²) < 4.78 is 10.5. The molecule has 1 heterocycles. The number of ether oxygens (including phenoxy) is 2. The van der Waals surface area contributed by atoms with Crippen molar-refractivity contribution in [2.24, 2.45) is 11.0 Å². The normalized spacial score (nSPS) is 11.0. The van der Waals surface area contributed by atoms with Gasteiger partial charge in [-0.3, -0.25) is 5.43 Å². The molecule has 128 valence electrons. The van der Waals surface area contributed by atoms with E-state index < -0.39 is 5.97 Å². The van der Waals surface area contributed by atoms with Crippen molar-refractivity contribution in [3.05, 3.63) is 40.4 Å². The lowest BCUT2D eigenvalue weighted by molar-refractivity contribution is 0.0605. The number of nitrogens with zero attached hydrogens (tertiary/aromatic N) is 2. The van der Waals surface area contributed by atoms with Crippen molar-refractivity contribution in [3.8, 4) is 5.75 Å². The van der Waals surface area contributed by atoms with Crippen LogP contribution < -0.4 is 10.2 Å². The van der Waals surface area contributed by atoms with Gasteiger partial charge in [0.15, 0.2) is 0 Å². The maximum Gasteiger partial charge on any atom is 0.350 e. The minimum Gasteiger partial charge on any atom is -0.493 e. The van der Waals surface area contributed by atoms with E-state index in [1.54, 1.807) is 13.1 Å². The van der Waals surface area contributed by atoms with Gasteiger partial charge in [-0.1, -0.05) is 37.3 Å². The number of para-hydroxylation sites is 1. The number of carbonyl (C=O) groups excluding carboxylic acids is 1. The Hall–Kier alpha value is -2.41. The highest BCUT2D eigenvalue weighted by molar-refractivity contribution is 7.17. The van der Waals surface area contributed by atoms with E-state index in [4.69, 9.17) is 9.47 Å². The van der Waals surface area contributed by atoms with Crippen LogP contribution in [-0.2, 0) is 4.74 Å². The average Bonchev–Trinajstić information content (AvgIpc) is 2.94. The van der Waals surface area contributed by atoms with E-state index in [1.807, 2.05) is 24.3 Å². The zero-order valence-corrected chi connectivity index (χ0v) is 15.0. The molecule has 0 saturated carbocycles. The number of nitrogens with one attached hydrogen (secondary N) is 1. The van der Waals surface area contributed by atoms with Gasteiger partial charge >= 0.3 is 5.97 Å². The number of carbonyl (C=O) groups is 1. The standard InChI is InChI=1S/C17H21N3O3S/c1-11(2)10-23-14-8-6-5-7-13(14)9-18-20-17-19-12(3)15(24-17)16(21)22-4/h5-9,11H,10H2,1-4H3,(H,19,20)/b18-9-. The first kappa shape index (κ1) is 17.9. The predicted octanol–water partition coefficient (Wildman–Crippen LogP) is 3.72. The molecule has 6 nitrogen and oxygen atoms in total. The summed E-state index contributed by atoms with van der Waals surface area (Å²) in [5.74, 6) is 0.833. The van der Waals surface area contributed by atoms with E-state index in [0.717, 1.165) is 11.3 Å². The van der Waals surface area contributed by atoms with Gasteiger partial charge in [0.2, 0.25) is 5.13 Å². The van der Waals surface area contributed by atoms with Gasteiger partial charge in [-0.05, 0) is 25.0 Å². The van der Waals surface area contributed by atoms with Crippen LogP contribution in [0.4, 0.5) is 5.13 Å². The van der Waals surface area contributed by atoms with Gasteiger partial charge in [-0.25, -0.2) is 9.78 Å². The Morgan fingerprint density at radius 1 is 1.42 bits per heavy atom. The number of anilines is 1. The van der Waals surface area contributed by atoms with Crippen molar-refractivity contribution >= 4 is 28.7 Å². The first-order valence-corrected chi connectivity index (χ1v) is 8.39. The minimum atomic E-state index is -0.394. The highest BCUT2D eigenvalue weighted by Crippen LogP contribution is 2.23. The van der Waals surface area contributed by atoms with Gasteiger partial charge in [-0.2, -0.15) is 5.10 Å². The molecule has 0 saturated heterocycles. The maximum absolute atomic E-state index is 11.6. The van der Waals surface area contributed by atoms with Gasteiger partial charge in [0, 0.05) is 5.56 Å². The number of methoxy groups -OCH3 is 1. The smallest absolute Gasteiger partial charge is 0.350 e. The Bertz CT molecular complexity index is 726. The van der Waals surface area contributed by atoms with E-state index in [-0.39, 0.29) is 0 Å². The summed E-state index contributed by atoms with van der Waals surface area (Å²) in [6.45, 7) is 6.60. The molecule has 1 aromatic carbocycles. The topological polar surface area (TPSA) is 72.8 Å². The maximum atomic E-state index is 11.6. The van der Waals surface area contributed by atoms with Crippen molar-refractivity contribution in [3.63, 3.8) is 0 Å². The van der Waals surface area contributed by atoms with Crippen molar-refractivity contribution in [1.82, 2.24) is 4.98 Å². The molecule has 7 heteroatoms. The lowest BCUT2D eigenvalue weighted by Crippen LogP contribution is -2.06. The summed E-state index contributed by atoms with van der Waals surface area (Å²) in [6.07, 6.45) is 1.67. The fraction of sp³-hybridized carbons (Fsp3) is 0.353. The zero-order chi connectivity index (χ0) is 17.5. The second-order valence-corrected chi connectivity index (χ2v) is 6.54. The first-order chi connectivity index (χ1) is 11.5. The van der Waals surface area contributed by atoms with Gasteiger partial charge in [0.25, 0.3) is 0 Å². The summed E-state index contributed by atoms with van der Waals surface area (Å²) in [5, 5.41) is 4.71. The van der Waals surface area contributed by atoms with E-state index in [0.29, 0.717) is 28.2 Å². The summed E-state index contributed by atoms with van der Waals surface area (Å²) in [5.41, 5.74) is 4.32. The van der Waals surface area contributed by atoms with E-state index >= 15 is 0 Å². The van der Waals surface area contributed by atoms with Crippen LogP contribution in [0, 0.1) is 12.8 Å². The van der Waals surface area contributed by atoms with Crippen molar-refractivity contribution in [1.29, 1.82) is 0 Å². The van der Waals surface area contributed by atoms with Crippen LogP contribution in [0.1, 0.15) is 34.8 Å². The van der Waals surface area contributed by atoms with E-state index in [2.05, 4.69) is 29.4 Å². The third kappa shape index (κ3) is 4.79. The molecule has 0 amide bonds. The van der Waals surface area contributed by atoms with Crippen LogP contribution in [0.3, 0.4) is 0 Å².